The second-order valence-electron chi connectivity index (χ2n) is 3.43. The number of rotatable bonds is 1. The summed E-state index contributed by atoms with van der Waals surface area (Å²) in [7, 11) is 0. The summed E-state index contributed by atoms with van der Waals surface area (Å²) in [5.41, 5.74) is 11.9. The summed E-state index contributed by atoms with van der Waals surface area (Å²) < 4.78 is -0.819. The van der Waals surface area contributed by atoms with E-state index in [1.54, 1.807) is 0 Å². The number of hydrogen-bond donors (Lipinski definition) is 2. The van der Waals surface area contributed by atoms with E-state index in [9.17, 15) is 0 Å². The van der Waals surface area contributed by atoms with Crippen LogP contribution in [0.15, 0.2) is 34.3 Å². The molecule has 0 fully saturated rings. The molecule has 0 spiro atoms. The topological polar surface area (TPSA) is 89.6 Å². The molecule has 0 aliphatic carbocycles. The van der Waals surface area contributed by atoms with Gasteiger partial charge in [-0.25, -0.2) is 4.98 Å². The first kappa shape index (κ1) is 14.3. The normalized spacial score (nSPS) is 14.1. The number of aromatic nitrogens is 1. The van der Waals surface area contributed by atoms with E-state index in [4.69, 9.17) is 46.3 Å². The zero-order valence-electron chi connectivity index (χ0n) is 9.35. The molecule has 2 aromatic rings. The Morgan fingerprint density at radius 3 is 2.53 bits per heavy atom. The fourth-order valence-corrected chi connectivity index (χ4v) is 2.19. The van der Waals surface area contributed by atoms with Crippen LogP contribution < -0.4 is 11.5 Å². The molecular weight excluding hydrogens is 329 g/mol. The van der Waals surface area contributed by atoms with Gasteiger partial charge in [-0.1, -0.05) is 58.3 Å². The number of benzene rings is 1. The van der Waals surface area contributed by atoms with Crippen molar-refractivity contribution in [2.24, 2.45) is 21.5 Å². The van der Waals surface area contributed by atoms with E-state index in [0.29, 0.717) is 5.13 Å². The predicted molar refractivity (Wildman–Crippen MR) is 82.8 cm³/mol. The number of nitrogens with two attached hydrogens (primary N) is 2. The summed E-state index contributed by atoms with van der Waals surface area (Å²) in [6, 6.07) is 7.61. The predicted octanol–water partition coefficient (Wildman–Crippen LogP) is 2.97. The Hall–Kier alpha value is -1.08. The molecule has 1 heterocycles. The van der Waals surface area contributed by atoms with Gasteiger partial charge in [0.05, 0.1) is 10.2 Å². The third kappa shape index (κ3) is 3.70. The molecule has 2 rings (SSSR count). The average Bonchev–Trinajstić information content (AvgIpc) is 2.69. The zero-order chi connectivity index (χ0) is 14.0. The molecule has 1 aromatic carbocycles. The Bertz CT molecular complexity index is 625. The van der Waals surface area contributed by atoms with Crippen molar-refractivity contribution in [1.29, 1.82) is 0 Å². The molecule has 0 amide bonds. The lowest BCUT2D eigenvalue weighted by molar-refractivity contribution is 1.33. The van der Waals surface area contributed by atoms with E-state index < -0.39 is 3.79 Å². The van der Waals surface area contributed by atoms with Crippen LogP contribution in [-0.2, 0) is 0 Å². The first-order valence-corrected chi connectivity index (χ1v) is 6.92. The monoisotopic (exact) mass is 335 g/mol. The number of thiazole rings is 1. The lowest BCUT2D eigenvalue weighted by Gasteiger charge is -2.08. The van der Waals surface area contributed by atoms with Crippen molar-refractivity contribution < 1.29 is 0 Å². The Morgan fingerprint density at radius 1 is 1.21 bits per heavy atom. The number of amidine groups is 1. The third-order valence-corrected chi connectivity index (χ3v) is 3.53. The minimum atomic E-state index is -1.81. The Kier molecular flexibility index (Phi) is 4.15. The second-order valence-corrected chi connectivity index (χ2v) is 6.72. The summed E-state index contributed by atoms with van der Waals surface area (Å²) in [6.07, 6.45) is 0. The number of aliphatic imine (C=N–C) groups is 2. The van der Waals surface area contributed by atoms with Gasteiger partial charge in [-0.2, -0.15) is 9.98 Å². The maximum Gasteiger partial charge on any atom is 0.247 e. The van der Waals surface area contributed by atoms with Crippen molar-refractivity contribution in [3.05, 3.63) is 24.3 Å². The summed E-state index contributed by atoms with van der Waals surface area (Å²) >= 11 is 18.0. The van der Waals surface area contributed by atoms with Crippen LogP contribution in [0.3, 0.4) is 0 Å². The minimum absolute atomic E-state index is 0.122. The maximum absolute atomic E-state index is 5.60. The largest absolute Gasteiger partial charge is 0.383 e. The van der Waals surface area contributed by atoms with Gasteiger partial charge < -0.3 is 11.5 Å². The van der Waals surface area contributed by atoms with E-state index >= 15 is 0 Å². The molecule has 0 aliphatic heterocycles. The number of fused-ring (bicyclic) bond motifs is 1. The van der Waals surface area contributed by atoms with Crippen molar-refractivity contribution in [3.8, 4) is 0 Å². The summed E-state index contributed by atoms with van der Waals surface area (Å²) in [5, 5.41) is 0.458. The zero-order valence-corrected chi connectivity index (χ0v) is 12.4. The highest BCUT2D eigenvalue weighted by molar-refractivity contribution is 7.22. The molecule has 9 heteroatoms. The van der Waals surface area contributed by atoms with Gasteiger partial charge in [0, 0.05) is 0 Å². The highest BCUT2D eigenvalue weighted by atomic mass is 35.6. The Labute approximate surface area is 127 Å². The number of alkyl halides is 3. The molecule has 0 atom stereocenters. The van der Waals surface area contributed by atoms with E-state index in [1.807, 2.05) is 24.3 Å². The molecule has 0 aliphatic rings. The van der Waals surface area contributed by atoms with Gasteiger partial charge in [0.2, 0.25) is 14.9 Å². The fraction of sp³-hybridized carbons (Fsp3) is 0.100. The van der Waals surface area contributed by atoms with Crippen molar-refractivity contribution in [2.75, 3.05) is 0 Å². The van der Waals surface area contributed by atoms with Gasteiger partial charge in [0.25, 0.3) is 0 Å². The lowest BCUT2D eigenvalue weighted by atomic mass is 10.3. The summed E-state index contributed by atoms with van der Waals surface area (Å²) in [6.45, 7) is 0. The van der Waals surface area contributed by atoms with Crippen LogP contribution in [0.5, 0.6) is 0 Å². The number of halogens is 3. The first-order chi connectivity index (χ1) is 8.86. The summed E-state index contributed by atoms with van der Waals surface area (Å²) in [4.78, 5) is 12.0. The van der Waals surface area contributed by atoms with E-state index in [0.717, 1.165) is 10.2 Å². The van der Waals surface area contributed by atoms with E-state index in [2.05, 4.69) is 15.0 Å². The molecule has 0 saturated carbocycles. The molecule has 0 radical (unpaired) electrons. The molecule has 0 bridgehead atoms. The first-order valence-electron chi connectivity index (χ1n) is 4.97. The lowest BCUT2D eigenvalue weighted by Crippen LogP contribution is -2.30. The Balaban J connectivity index is 2.30. The molecule has 4 N–H and O–H groups in total. The molecule has 0 unspecified atom stereocenters. The third-order valence-electron chi connectivity index (χ3n) is 2.02. The smallest absolute Gasteiger partial charge is 0.247 e. The quantitative estimate of drug-likeness (QED) is 0.476. The molecular formula is C10H8Cl3N5S. The number of hydrogen-bond acceptors (Lipinski definition) is 3. The van der Waals surface area contributed by atoms with Crippen LogP contribution in [0.25, 0.3) is 10.2 Å². The number of para-hydroxylation sites is 1. The van der Waals surface area contributed by atoms with Crippen LogP contribution >= 0.6 is 46.1 Å². The number of nitrogens with zero attached hydrogens (tertiary/aromatic N) is 3. The van der Waals surface area contributed by atoms with Gasteiger partial charge in [-0.15, -0.1) is 0 Å². The standard InChI is InChI=1S/C10H8Cl3N5S/c11-10(12,13)7(14)17-8(15)18-9-16-5-3-1-2-4-6(5)19-9/h1-4H,(H4,14,15,16,17,18). The fourth-order valence-electron chi connectivity index (χ4n) is 1.22. The minimum Gasteiger partial charge on any atom is -0.383 e. The SMILES string of the molecule is N/C(=N\C(N)=N\c1nc2ccccc2s1)C(Cl)(Cl)Cl. The Morgan fingerprint density at radius 2 is 1.89 bits per heavy atom. The highest BCUT2D eigenvalue weighted by Gasteiger charge is 2.25. The molecule has 100 valence electrons. The average molecular weight is 337 g/mol. The molecule has 1 aromatic heterocycles. The highest BCUT2D eigenvalue weighted by Crippen LogP contribution is 2.28. The molecule has 0 saturated heterocycles. The van der Waals surface area contributed by atoms with Gasteiger partial charge in [-0.05, 0) is 12.1 Å². The van der Waals surface area contributed by atoms with Gasteiger partial charge in [-0.3, -0.25) is 0 Å². The van der Waals surface area contributed by atoms with Crippen LogP contribution in [0.2, 0.25) is 0 Å². The van der Waals surface area contributed by atoms with Crippen LogP contribution in [0, 0.1) is 0 Å². The van der Waals surface area contributed by atoms with Crippen molar-refractivity contribution in [2.45, 2.75) is 3.79 Å². The van der Waals surface area contributed by atoms with Crippen LogP contribution in [0.4, 0.5) is 5.13 Å². The van der Waals surface area contributed by atoms with Crippen LogP contribution in [-0.4, -0.2) is 20.6 Å². The molecule has 19 heavy (non-hydrogen) atoms. The van der Waals surface area contributed by atoms with Gasteiger partial charge in [0.15, 0.2) is 5.84 Å². The summed E-state index contributed by atoms with van der Waals surface area (Å²) in [5.74, 6) is -0.372. The molecule has 5 nitrogen and oxygen atoms in total. The van der Waals surface area contributed by atoms with E-state index in [1.165, 1.54) is 11.3 Å². The van der Waals surface area contributed by atoms with Gasteiger partial charge >= 0.3 is 0 Å². The second kappa shape index (κ2) is 5.50. The van der Waals surface area contributed by atoms with Crippen LogP contribution in [0.1, 0.15) is 0 Å². The maximum atomic E-state index is 5.60. The number of guanidine groups is 1. The van der Waals surface area contributed by atoms with Crippen molar-refractivity contribution >= 4 is 73.3 Å². The van der Waals surface area contributed by atoms with E-state index in [-0.39, 0.29) is 11.8 Å². The van der Waals surface area contributed by atoms with Crippen molar-refractivity contribution in [3.63, 3.8) is 0 Å². The van der Waals surface area contributed by atoms with Gasteiger partial charge in [0.1, 0.15) is 0 Å². The van der Waals surface area contributed by atoms with Crippen molar-refractivity contribution in [1.82, 2.24) is 4.98 Å².